The van der Waals surface area contributed by atoms with Crippen molar-refractivity contribution < 1.29 is 4.79 Å². The molecule has 0 saturated carbocycles. The number of rotatable bonds is 3. The van der Waals surface area contributed by atoms with Crippen molar-refractivity contribution in [3.63, 3.8) is 0 Å². The van der Waals surface area contributed by atoms with E-state index in [-0.39, 0.29) is 5.91 Å². The molecule has 1 heterocycles. The Kier molecular flexibility index (Phi) is 4.60. The number of nitrogens with zero attached hydrogens (tertiary/aromatic N) is 1. The Bertz CT molecular complexity index is 699. The van der Waals surface area contributed by atoms with Crippen LogP contribution in [-0.2, 0) is 17.8 Å². The molecule has 1 aliphatic rings. The lowest BCUT2D eigenvalue weighted by Crippen LogP contribution is -2.37. The van der Waals surface area contributed by atoms with Gasteiger partial charge in [-0.05, 0) is 58.1 Å². The largest absolute Gasteiger partial charge is 0.324 e. The SMILES string of the molecule is Cc1ccc(NC(=O)CN2CCc3ccccc3C2)c(Br)c1. The maximum Gasteiger partial charge on any atom is 0.238 e. The number of hydrogen-bond acceptors (Lipinski definition) is 2. The minimum Gasteiger partial charge on any atom is -0.324 e. The first-order chi connectivity index (χ1) is 10.6. The molecule has 4 heteroatoms. The van der Waals surface area contributed by atoms with Crippen molar-refractivity contribution >= 4 is 27.5 Å². The number of aryl methyl sites for hydroxylation is 1. The van der Waals surface area contributed by atoms with E-state index < -0.39 is 0 Å². The van der Waals surface area contributed by atoms with Gasteiger partial charge in [-0.3, -0.25) is 9.69 Å². The molecule has 3 rings (SSSR count). The molecule has 0 atom stereocenters. The van der Waals surface area contributed by atoms with Gasteiger partial charge in [-0.1, -0.05) is 30.3 Å². The summed E-state index contributed by atoms with van der Waals surface area (Å²) in [6.45, 7) is 4.23. The Morgan fingerprint density at radius 2 is 2.00 bits per heavy atom. The molecule has 0 radical (unpaired) electrons. The molecule has 1 N–H and O–H groups in total. The van der Waals surface area contributed by atoms with Gasteiger partial charge in [0.2, 0.25) is 5.91 Å². The molecular weight excluding hydrogens is 340 g/mol. The highest BCUT2D eigenvalue weighted by molar-refractivity contribution is 9.10. The highest BCUT2D eigenvalue weighted by Crippen LogP contribution is 2.23. The molecule has 114 valence electrons. The van der Waals surface area contributed by atoms with Crippen LogP contribution < -0.4 is 5.32 Å². The summed E-state index contributed by atoms with van der Waals surface area (Å²) in [5.74, 6) is 0.0314. The first-order valence-corrected chi connectivity index (χ1v) is 8.26. The van der Waals surface area contributed by atoms with Crippen molar-refractivity contribution in [3.05, 3.63) is 63.6 Å². The second kappa shape index (κ2) is 6.63. The van der Waals surface area contributed by atoms with Crippen LogP contribution >= 0.6 is 15.9 Å². The minimum atomic E-state index is 0.0314. The van der Waals surface area contributed by atoms with Crippen LogP contribution in [-0.4, -0.2) is 23.9 Å². The van der Waals surface area contributed by atoms with Gasteiger partial charge in [-0.2, -0.15) is 0 Å². The molecule has 3 nitrogen and oxygen atoms in total. The Balaban J connectivity index is 1.61. The first kappa shape index (κ1) is 15.3. The van der Waals surface area contributed by atoms with Gasteiger partial charge >= 0.3 is 0 Å². The summed E-state index contributed by atoms with van der Waals surface area (Å²) in [6.07, 6.45) is 1.01. The second-order valence-electron chi connectivity index (χ2n) is 5.76. The van der Waals surface area contributed by atoms with Crippen LogP contribution in [0.15, 0.2) is 46.9 Å². The maximum atomic E-state index is 12.3. The number of hydrogen-bond donors (Lipinski definition) is 1. The number of benzene rings is 2. The lowest BCUT2D eigenvalue weighted by atomic mass is 10.00. The van der Waals surface area contributed by atoms with E-state index in [0.717, 1.165) is 35.2 Å². The third-order valence-electron chi connectivity index (χ3n) is 3.98. The lowest BCUT2D eigenvalue weighted by Gasteiger charge is -2.28. The Labute approximate surface area is 139 Å². The van der Waals surface area contributed by atoms with Crippen molar-refractivity contribution in [3.8, 4) is 0 Å². The number of amides is 1. The van der Waals surface area contributed by atoms with Crippen molar-refractivity contribution in [2.45, 2.75) is 19.9 Å². The summed E-state index contributed by atoms with van der Waals surface area (Å²) in [4.78, 5) is 14.5. The van der Waals surface area contributed by atoms with E-state index in [1.54, 1.807) is 0 Å². The third kappa shape index (κ3) is 3.57. The molecule has 22 heavy (non-hydrogen) atoms. The summed E-state index contributed by atoms with van der Waals surface area (Å²) in [7, 11) is 0. The van der Waals surface area contributed by atoms with Gasteiger partial charge in [-0.25, -0.2) is 0 Å². The van der Waals surface area contributed by atoms with E-state index in [9.17, 15) is 4.79 Å². The van der Waals surface area contributed by atoms with Gasteiger partial charge in [0.15, 0.2) is 0 Å². The first-order valence-electron chi connectivity index (χ1n) is 7.47. The molecule has 0 saturated heterocycles. The number of carbonyl (C=O) groups excluding carboxylic acids is 1. The zero-order valence-corrected chi connectivity index (χ0v) is 14.2. The van der Waals surface area contributed by atoms with E-state index in [1.165, 1.54) is 11.1 Å². The highest BCUT2D eigenvalue weighted by Gasteiger charge is 2.18. The third-order valence-corrected chi connectivity index (χ3v) is 4.63. The van der Waals surface area contributed by atoms with Gasteiger partial charge in [-0.15, -0.1) is 0 Å². The summed E-state index contributed by atoms with van der Waals surface area (Å²) in [5, 5.41) is 2.98. The number of fused-ring (bicyclic) bond motifs is 1. The quantitative estimate of drug-likeness (QED) is 0.905. The molecule has 1 amide bonds. The topological polar surface area (TPSA) is 32.3 Å². The second-order valence-corrected chi connectivity index (χ2v) is 6.62. The van der Waals surface area contributed by atoms with Crippen LogP contribution in [0.25, 0.3) is 0 Å². The summed E-state index contributed by atoms with van der Waals surface area (Å²) in [5.41, 5.74) is 4.73. The fourth-order valence-electron chi connectivity index (χ4n) is 2.80. The standard InChI is InChI=1S/C18H19BrN2O/c1-13-6-7-17(16(19)10-13)20-18(22)12-21-9-8-14-4-2-3-5-15(14)11-21/h2-7,10H,8-9,11-12H2,1H3,(H,20,22). The van der Waals surface area contributed by atoms with E-state index in [1.807, 2.05) is 25.1 Å². The fourth-order valence-corrected chi connectivity index (χ4v) is 3.40. The normalized spacial score (nSPS) is 14.5. The average molecular weight is 359 g/mol. The molecule has 0 bridgehead atoms. The molecule has 0 aromatic heterocycles. The Morgan fingerprint density at radius 1 is 1.23 bits per heavy atom. The van der Waals surface area contributed by atoms with Crippen LogP contribution in [0.3, 0.4) is 0 Å². The van der Waals surface area contributed by atoms with Crippen LogP contribution in [0.2, 0.25) is 0 Å². The Morgan fingerprint density at radius 3 is 2.77 bits per heavy atom. The van der Waals surface area contributed by atoms with E-state index in [4.69, 9.17) is 0 Å². The predicted octanol–water partition coefficient (Wildman–Crippen LogP) is 3.75. The van der Waals surface area contributed by atoms with Crippen LogP contribution in [0.1, 0.15) is 16.7 Å². The highest BCUT2D eigenvalue weighted by atomic mass is 79.9. The molecule has 0 spiro atoms. The molecule has 2 aromatic carbocycles. The fraction of sp³-hybridized carbons (Fsp3) is 0.278. The van der Waals surface area contributed by atoms with E-state index in [0.29, 0.717) is 6.54 Å². The Hall–Kier alpha value is -1.65. The molecule has 0 aliphatic carbocycles. The molecular formula is C18H19BrN2O. The lowest BCUT2D eigenvalue weighted by molar-refractivity contribution is -0.117. The number of carbonyl (C=O) groups is 1. The number of nitrogens with one attached hydrogen (secondary N) is 1. The number of anilines is 1. The zero-order chi connectivity index (χ0) is 15.5. The maximum absolute atomic E-state index is 12.3. The van der Waals surface area contributed by atoms with Crippen molar-refractivity contribution in [2.75, 3.05) is 18.4 Å². The summed E-state index contributed by atoms with van der Waals surface area (Å²) >= 11 is 3.49. The summed E-state index contributed by atoms with van der Waals surface area (Å²) < 4.78 is 0.921. The predicted molar refractivity (Wildman–Crippen MR) is 92.9 cm³/mol. The van der Waals surface area contributed by atoms with Gasteiger partial charge in [0.1, 0.15) is 0 Å². The van der Waals surface area contributed by atoms with Gasteiger partial charge in [0.05, 0.1) is 12.2 Å². The van der Waals surface area contributed by atoms with E-state index >= 15 is 0 Å². The van der Waals surface area contributed by atoms with E-state index in [2.05, 4.69) is 50.4 Å². The molecule has 2 aromatic rings. The van der Waals surface area contributed by atoms with Gasteiger partial charge < -0.3 is 5.32 Å². The van der Waals surface area contributed by atoms with Crippen molar-refractivity contribution in [1.29, 1.82) is 0 Å². The van der Waals surface area contributed by atoms with Crippen molar-refractivity contribution in [1.82, 2.24) is 4.90 Å². The molecule has 1 aliphatic heterocycles. The van der Waals surface area contributed by atoms with Crippen LogP contribution in [0.5, 0.6) is 0 Å². The average Bonchev–Trinajstić information content (AvgIpc) is 2.50. The zero-order valence-electron chi connectivity index (χ0n) is 12.6. The van der Waals surface area contributed by atoms with Crippen LogP contribution in [0.4, 0.5) is 5.69 Å². The smallest absolute Gasteiger partial charge is 0.238 e. The minimum absolute atomic E-state index is 0.0314. The molecule has 0 unspecified atom stereocenters. The van der Waals surface area contributed by atoms with Crippen LogP contribution in [0, 0.1) is 6.92 Å². The molecule has 0 fully saturated rings. The van der Waals surface area contributed by atoms with Gasteiger partial charge in [0, 0.05) is 17.6 Å². The van der Waals surface area contributed by atoms with Crippen molar-refractivity contribution in [2.24, 2.45) is 0 Å². The number of halogens is 1. The van der Waals surface area contributed by atoms with Gasteiger partial charge in [0.25, 0.3) is 0 Å². The summed E-state index contributed by atoms with van der Waals surface area (Å²) in [6, 6.07) is 14.4. The monoisotopic (exact) mass is 358 g/mol.